The molecule has 0 atom stereocenters. The molecule has 5 nitrogen and oxygen atoms in total. The van der Waals surface area contributed by atoms with Crippen LogP contribution < -0.4 is 0 Å². The molecular weight excluding hydrogens is 360 g/mol. The van der Waals surface area contributed by atoms with Gasteiger partial charge in [0.2, 0.25) is 9.84 Å². The highest BCUT2D eigenvalue weighted by Gasteiger charge is 2.30. The summed E-state index contributed by atoms with van der Waals surface area (Å²) in [7, 11) is -4.31. The first-order valence-corrected chi connectivity index (χ1v) is 9.07. The number of hydrogen-bond acceptors (Lipinski definition) is 4. The largest absolute Gasteiger partial charge is 0.335 e. The van der Waals surface area contributed by atoms with Gasteiger partial charge in [0, 0.05) is 5.56 Å². The van der Waals surface area contributed by atoms with E-state index in [1.165, 1.54) is 24.3 Å². The van der Waals surface area contributed by atoms with E-state index in [1.54, 1.807) is 36.4 Å². The van der Waals surface area contributed by atoms with Crippen LogP contribution in [0.1, 0.15) is 0 Å². The van der Waals surface area contributed by atoms with Crippen LogP contribution >= 0.6 is 0 Å². The lowest BCUT2D eigenvalue weighted by Crippen LogP contribution is -2.08. The molecule has 0 aliphatic carbocycles. The monoisotopic (exact) mass is 371 g/mol. The highest BCUT2D eigenvalue weighted by Crippen LogP contribution is 2.31. The molecule has 0 unspecified atom stereocenters. The second kappa shape index (κ2) is 5.99. The first-order valence-electron chi connectivity index (χ1n) is 7.59. The quantitative estimate of drug-likeness (QED) is 0.557. The highest BCUT2D eigenvalue weighted by atomic mass is 32.2. The molecule has 4 aromatic rings. The van der Waals surface area contributed by atoms with Gasteiger partial charge in [-0.05, 0) is 12.1 Å². The topological polar surface area (TPSA) is 75.7 Å². The van der Waals surface area contributed by atoms with Gasteiger partial charge in [0.25, 0.3) is 5.95 Å². The predicted molar refractivity (Wildman–Crippen MR) is 91.1 cm³/mol. The van der Waals surface area contributed by atoms with Gasteiger partial charge < -0.3 is 4.98 Å². The third-order valence-electron chi connectivity index (χ3n) is 3.87. The van der Waals surface area contributed by atoms with Crippen molar-refractivity contribution in [1.82, 2.24) is 15.0 Å². The Morgan fingerprint density at radius 3 is 2.12 bits per heavy atom. The Hall–Kier alpha value is -3.13. The predicted octanol–water partition coefficient (Wildman–Crippen LogP) is 3.74. The van der Waals surface area contributed by atoms with E-state index in [0.29, 0.717) is 5.56 Å². The van der Waals surface area contributed by atoms with E-state index in [0.717, 1.165) is 0 Å². The van der Waals surface area contributed by atoms with Crippen LogP contribution in [0, 0.1) is 11.8 Å². The van der Waals surface area contributed by atoms with Crippen LogP contribution in [-0.4, -0.2) is 23.4 Å². The molecule has 0 spiro atoms. The van der Waals surface area contributed by atoms with Gasteiger partial charge in [-0.3, -0.25) is 0 Å². The number of H-pyrrole nitrogens is 1. The maximum absolute atomic E-state index is 14.5. The Bertz CT molecular complexity index is 1210. The van der Waals surface area contributed by atoms with Gasteiger partial charge in [-0.1, -0.05) is 48.5 Å². The SMILES string of the molecule is O=S(=O)(c1ccccc1)c1c(F)c(F)nc2nc(-c3ccccc3)[nH]c12. The molecular formula is C18H11F2N3O2S. The van der Waals surface area contributed by atoms with E-state index in [4.69, 9.17) is 0 Å². The molecule has 0 fully saturated rings. The number of imidazole rings is 1. The molecule has 130 valence electrons. The molecule has 2 heterocycles. The lowest BCUT2D eigenvalue weighted by molar-refractivity contribution is 0.464. The van der Waals surface area contributed by atoms with Crippen molar-refractivity contribution >= 4 is 21.0 Å². The number of nitrogens with zero attached hydrogens (tertiary/aromatic N) is 2. The van der Waals surface area contributed by atoms with Crippen LogP contribution in [0.4, 0.5) is 8.78 Å². The summed E-state index contributed by atoms with van der Waals surface area (Å²) in [5.41, 5.74) is 0.248. The molecule has 0 radical (unpaired) electrons. The fourth-order valence-electron chi connectivity index (χ4n) is 2.65. The number of halogens is 2. The van der Waals surface area contributed by atoms with E-state index in [9.17, 15) is 17.2 Å². The number of pyridine rings is 1. The van der Waals surface area contributed by atoms with Gasteiger partial charge in [0.05, 0.1) is 4.90 Å². The molecule has 4 rings (SSSR count). The van der Waals surface area contributed by atoms with E-state index >= 15 is 0 Å². The summed E-state index contributed by atoms with van der Waals surface area (Å²) in [6.07, 6.45) is 0. The van der Waals surface area contributed by atoms with Crippen molar-refractivity contribution in [2.75, 3.05) is 0 Å². The standard InChI is InChI=1S/C18H11F2N3O2S/c19-13-15(26(24,25)12-9-5-2-6-10-12)14-18(22-16(13)20)23-17(21-14)11-7-3-1-4-8-11/h1-10H,(H,21,22,23). The smallest absolute Gasteiger partial charge is 0.252 e. The summed E-state index contributed by atoms with van der Waals surface area (Å²) in [6.45, 7) is 0. The Balaban J connectivity index is 2.03. The average Bonchev–Trinajstić information content (AvgIpc) is 3.07. The van der Waals surface area contributed by atoms with Gasteiger partial charge in [-0.25, -0.2) is 17.8 Å². The summed E-state index contributed by atoms with van der Waals surface area (Å²) in [4.78, 5) is 9.36. The van der Waals surface area contributed by atoms with Crippen LogP contribution in [0.15, 0.2) is 70.5 Å². The fourth-order valence-corrected chi connectivity index (χ4v) is 4.13. The van der Waals surface area contributed by atoms with E-state index in [2.05, 4.69) is 15.0 Å². The van der Waals surface area contributed by atoms with Crippen molar-refractivity contribution in [1.29, 1.82) is 0 Å². The molecule has 0 bridgehead atoms. The molecule has 2 aromatic carbocycles. The zero-order valence-electron chi connectivity index (χ0n) is 13.1. The van der Waals surface area contributed by atoms with Crippen LogP contribution in [0.2, 0.25) is 0 Å². The third kappa shape index (κ3) is 2.55. The minimum absolute atomic E-state index is 0.151. The second-order valence-corrected chi connectivity index (χ2v) is 7.40. The van der Waals surface area contributed by atoms with Gasteiger partial charge in [0.15, 0.2) is 11.5 Å². The van der Waals surface area contributed by atoms with Crippen molar-refractivity contribution in [3.05, 3.63) is 72.4 Å². The van der Waals surface area contributed by atoms with Crippen molar-refractivity contribution in [2.45, 2.75) is 9.79 Å². The Morgan fingerprint density at radius 2 is 1.46 bits per heavy atom. The highest BCUT2D eigenvalue weighted by molar-refractivity contribution is 7.91. The van der Waals surface area contributed by atoms with Gasteiger partial charge >= 0.3 is 0 Å². The van der Waals surface area contributed by atoms with E-state index in [-0.39, 0.29) is 21.9 Å². The normalized spacial score (nSPS) is 11.8. The number of aromatic amines is 1. The number of fused-ring (bicyclic) bond motifs is 1. The van der Waals surface area contributed by atoms with Crippen LogP contribution in [0.3, 0.4) is 0 Å². The molecule has 8 heteroatoms. The average molecular weight is 371 g/mol. The lowest BCUT2D eigenvalue weighted by Gasteiger charge is -2.07. The molecule has 1 N–H and O–H groups in total. The summed E-state index contributed by atoms with van der Waals surface area (Å²) in [6, 6.07) is 16.0. The number of benzene rings is 2. The minimum atomic E-state index is -4.31. The molecule has 0 amide bonds. The maximum Gasteiger partial charge on any atom is 0.252 e. The molecule has 26 heavy (non-hydrogen) atoms. The third-order valence-corrected chi connectivity index (χ3v) is 5.68. The Morgan fingerprint density at radius 1 is 0.846 bits per heavy atom. The lowest BCUT2D eigenvalue weighted by atomic mass is 10.2. The van der Waals surface area contributed by atoms with Gasteiger partial charge in [-0.2, -0.15) is 9.37 Å². The Labute approximate surface area is 147 Å². The number of sulfone groups is 1. The minimum Gasteiger partial charge on any atom is -0.335 e. The van der Waals surface area contributed by atoms with E-state index in [1.807, 2.05) is 0 Å². The Kier molecular flexibility index (Phi) is 3.77. The van der Waals surface area contributed by atoms with Gasteiger partial charge in [0.1, 0.15) is 16.2 Å². The van der Waals surface area contributed by atoms with Crippen molar-refractivity contribution < 1.29 is 17.2 Å². The summed E-state index contributed by atoms with van der Waals surface area (Å²) < 4.78 is 54.2. The van der Waals surface area contributed by atoms with Crippen LogP contribution in [-0.2, 0) is 9.84 Å². The van der Waals surface area contributed by atoms with E-state index < -0.39 is 26.5 Å². The first-order chi connectivity index (χ1) is 12.5. The number of rotatable bonds is 3. The van der Waals surface area contributed by atoms with Crippen LogP contribution in [0.25, 0.3) is 22.6 Å². The van der Waals surface area contributed by atoms with Crippen molar-refractivity contribution in [2.24, 2.45) is 0 Å². The second-order valence-electron chi connectivity index (χ2n) is 5.51. The number of hydrogen-bond donors (Lipinski definition) is 1. The molecule has 0 aliphatic heterocycles. The van der Waals surface area contributed by atoms with Crippen LogP contribution in [0.5, 0.6) is 0 Å². The number of aromatic nitrogens is 3. The fraction of sp³-hybridized carbons (Fsp3) is 0. The summed E-state index contributed by atoms with van der Waals surface area (Å²) >= 11 is 0. The molecule has 0 saturated carbocycles. The van der Waals surface area contributed by atoms with Crippen molar-refractivity contribution in [3.63, 3.8) is 0 Å². The molecule has 0 aliphatic rings. The maximum atomic E-state index is 14.5. The zero-order chi connectivity index (χ0) is 18.3. The molecule has 2 aromatic heterocycles. The van der Waals surface area contributed by atoms with Gasteiger partial charge in [-0.15, -0.1) is 0 Å². The first kappa shape index (κ1) is 16.3. The summed E-state index contributed by atoms with van der Waals surface area (Å²) in [5, 5.41) is 0. The zero-order valence-corrected chi connectivity index (χ0v) is 14.0. The van der Waals surface area contributed by atoms with Crippen molar-refractivity contribution in [3.8, 4) is 11.4 Å². The molecule has 0 saturated heterocycles. The number of nitrogens with one attached hydrogen (secondary N) is 1. The summed E-state index contributed by atoms with van der Waals surface area (Å²) in [5.74, 6) is -2.79.